The Balaban J connectivity index is 2.50. The Morgan fingerprint density at radius 3 is 2.14 bits per heavy atom. The molecule has 14 heavy (non-hydrogen) atoms. The van der Waals surface area contributed by atoms with Crippen molar-refractivity contribution >= 4 is 6.09 Å². The Morgan fingerprint density at radius 1 is 1.21 bits per heavy atom. The molecule has 0 aliphatic carbocycles. The van der Waals surface area contributed by atoms with E-state index in [4.69, 9.17) is 10.5 Å². The van der Waals surface area contributed by atoms with Crippen LogP contribution < -0.4 is 5.73 Å². The lowest BCUT2D eigenvalue weighted by atomic mass is 10.1. The second-order valence-electron chi connectivity index (χ2n) is 2.86. The molecule has 1 rings (SSSR count). The van der Waals surface area contributed by atoms with Gasteiger partial charge in [0.2, 0.25) is 0 Å². The zero-order valence-electron chi connectivity index (χ0n) is 8.03. The van der Waals surface area contributed by atoms with Crippen molar-refractivity contribution in [1.82, 2.24) is 0 Å². The Bertz CT molecular complexity index is 295. The molecule has 2 N–H and O–H groups in total. The summed E-state index contributed by atoms with van der Waals surface area (Å²) in [6.45, 7) is 0.791. The van der Waals surface area contributed by atoms with Crippen molar-refractivity contribution in [2.75, 3.05) is 7.11 Å². The maximum atomic E-state index is 10.3. The van der Waals surface area contributed by atoms with Crippen molar-refractivity contribution in [3.05, 3.63) is 35.4 Å². The standard InChI is InChI=1S/C10H13NO3/c1-13-6-8-2-4-9(5-3-8)7-14-10(11)12/h2-5H,6-7H2,1H3,(H2,11,12). The fraction of sp³-hybridized carbons (Fsp3) is 0.300. The number of nitrogens with two attached hydrogens (primary N) is 1. The largest absolute Gasteiger partial charge is 0.445 e. The van der Waals surface area contributed by atoms with Gasteiger partial charge >= 0.3 is 6.09 Å². The van der Waals surface area contributed by atoms with Gasteiger partial charge in [-0.05, 0) is 11.1 Å². The highest BCUT2D eigenvalue weighted by molar-refractivity contribution is 5.64. The Labute approximate surface area is 82.6 Å². The van der Waals surface area contributed by atoms with Gasteiger partial charge in [-0.3, -0.25) is 0 Å². The third-order valence-corrected chi connectivity index (χ3v) is 1.72. The van der Waals surface area contributed by atoms with Crippen LogP contribution in [0.4, 0.5) is 4.79 Å². The van der Waals surface area contributed by atoms with E-state index < -0.39 is 6.09 Å². The Kier molecular flexibility index (Phi) is 3.94. The quantitative estimate of drug-likeness (QED) is 0.790. The molecule has 1 aromatic carbocycles. The Morgan fingerprint density at radius 2 is 1.71 bits per heavy atom. The number of ether oxygens (including phenoxy) is 2. The van der Waals surface area contributed by atoms with E-state index >= 15 is 0 Å². The molecule has 0 aliphatic heterocycles. The summed E-state index contributed by atoms with van der Waals surface area (Å²) in [4.78, 5) is 10.3. The van der Waals surface area contributed by atoms with Crippen LogP contribution in [0.5, 0.6) is 0 Å². The topological polar surface area (TPSA) is 61.6 Å². The number of carbonyl (C=O) groups is 1. The molecule has 0 unspecified atom stereocenters. The van der Waals surface area contributed by atoms with Crippen LogP contribution in [0.3, 0.4) is 0 Å². The molecule has 0 radical (unpaired) electrons. The van der Waals surface area contributed by atoms with Gasteiger partial charge in [-0.2, -0.15) is 0 Å². The van der Waals surface area contributed by atoms with Gasteiger partial charge in [0, 0.05) is 7.11 Å². The first kappa shape index (κ1) is 10.5. The molecule has 0 saturated heterocycles. The van der Waals surface area contributed by atoms with E-state index in [-0.39, 0.29) is 6.61 Å². The molecule has 0 heterocycles. The maximum Gasteiger partial charge on any atom is 0.404 e. The van der Waals surface area contributed by atoms with Gasteiger partial charge in [0.15, 0.2) is 0 Å². The first-order valence-electron chi connectivity index (χ1n) is 4.21. The lowest BCUT2D eigenvalue weighted by Gasteiger charge is -2.03. The number of carbonyl (C=O) groups excluding carboxylic acids is 1. The monoisotopic (exact) mass is 195 g/mol. The molecule has 0 aromatic heterocycles. The normalized spacial score (nSPS) is 9.79. The average Bonchev–Trinajstić information content (AvgIpc) is 2.17. The summed E-state index contributed by atoms with van der Waals surface area (Å²) in [7, 11) is 1.64. The number of hydrogen-bond donors (Lipinski definition) is 1. The summed E-state index contributed by atoms with van der Waals surface area (Å²) in [6, 6.07) is 7.58. The zero-order chi connectivity index (χ0) is 10.4. The molecule has 1 aromatic rings. The molecule has 4 heteroatoms. The van der Waals surface area contributed by atoms with Crippen molar-refractivity contribution in [2.45, 2.75) is 13.2 Å². The van der Waals surface area contributed by atoms with Gasteiger partial charge < -0.3 is 15.2 Å². The smallest absolute Gasteiger partial charge is 0.404 e. The molecule has 0 saturated carbocycles. The van der Waals surface area contributed by atoms with Crippen LogP contribution in [-0.4, -0.2) is 13.2 Å². The molecule has 0 aliphatic rings. The van der Waals surface area contributed by atoms with Crippen LogP contribution in [-0.2, 0) is 22.7 Å². The van der Waals surface area contributed by atoms with E-state index in [1.807, 2.05) is 24.3 Å². The minimum atomic E-state index is -0.758. The fourth-order valence-electron chi connectivity index (χ4n) is 1.05. The van der Waals surface area contributed by atoms with Crippen LogP contribution in [0, 0.1) is 0 Å². The third kappa shape index (κ3) is 3.45. The average molecular weight is 195 g/mol. The van der Waals surface area contributed by atoms with E-state index in [1.165, 1.54) is 0 Å². The van der Waals surface area contributed by atoms with E-state index in [1.54, 1.807) is 7.11 Å². The summed E-state index contributed by atoms with van der Waals surface area (Å²) >= 11 is 0. The number of primary amides is 1. The van der Waals surface area contributed by atoms with Crippen LogP contribution in [0.25, 0.3) is 0 Å². The minimum Gasteiger partial charge on any atom is -0.445 e. The summed E-state index contributed by atoms with van der Waals surface area (Å²) in [5.74, 6) is 0. The van der Waals surface area contributed by atoms with Gasteiger partial charge in [-0.1, -0.05) is 24.3 Å². The molecule has 0 bridgehead atoms. The van der Waals surface area contributed by atoms with Gasteiger partial charge in [0.05, 0.1) is 6.61 Å². The second-order valence-corrected chi connectivity index (χ2v) is 2.86. The number of benzene rings is 1. The molecule has 0 fully saturated rings. The highest BCUT2D eigenvalue weighted by Crippen LogP contribution is 2.06. The van der Waals surface area contributed by atoms with Crippen LogP contribution in [0.1, 0.15) is 11.1 Å². The molecule has 0 atom stereocenters. The van der Waals surface area contributed by atoms with Gasteiger partial charge in [-0.15, -0.1) is 0 Å². The highest BCUT2D eigenvalue weighted by atomic mass is 16.5. The van der Waals surface area contributed by atoms with Crippen molar-refractivity contribution in [3.63, 3.8) is 0 Å². The lowest BCUT2D eigenvalue weighted by Crippen LogP contribution is -2.12. The summed E-state index contributed by atoms with van der Waals surface area (Å²) in [5, 5.41) is 0. The first-order valence-corrected chi connectivity index (χ1v) is 4.21. The molecule has 0 spiro atoms. The van der Waals surface area contributed by atoms with Crippen molar-refractivity contribution in [2.24, 2.45) is 5.73 Å². The molecular formula is C10H13NO3. The predicted molar refractivity (Wildman–Crippen MR) is 51.5 cm³/mol. The third-order valence-electron chi connectivity index (χ3n) is 1.72. The van der Waals surface area contributed by atoms with Crippen molar-refractivity contribution < 1.29 is 14.3 Å². The van der Waals surface area contributed by atoms with Crippen molar-refractivity contribution in [3.8, 4) is 0 Å². The van der Waals surface area contributed by atoms with Crippen LogP contribution in [0.2, 0.25) is 0 Å². The number of rotatable bonds is 4. The highest BCUT2D eigenvalue weighted by Gasteiger charge is 1.97. The molecular weight excluding hydrogens is 182 g/mol. The lowest BCUT2D eigenvalue weighted by molar-refractivity contribution is 0.150. The van der Waals surface area contributed by atoms with Gasteiger partial charge in [0.25, 0.3) is 0 Å². The van der Waals surface area contributed by atoms with Crippen molar-refractivity contribution in [1.29, 1.82) is 0 Å². The first-order chi connectivity index (χ1) is 6.72. The second kappa shape index (κ2) is 5.24. The number of hydrogen-bond acceptors (Lipinski definition) is 3. The number of methoxy groups -OCH3 is 1. The van der Waals surface area contributed by atoms with E-state index in [2.05, 4.69) is 4.74 Å². The summed E-state index contributed by atoms with van der Waals surface area (Å²) in [6.07, 6.45) is -0.758. The number of amides is 1. The van der Waals surface area contributed by atoms with Crippen LogP contribution >= 0.6 is 0 Å². The van der Waals surface area contributed by atoms with E-state index in [0.29, 0.717) is 6.61 Å². The van der Waals surface area contributed by atoms with Crippen LogP contribution in [0.15, 0.2) is 24.3 Å². The maximum absolute atomic E-state index is 10.3. The fourth-order valence-corrected chi connectivity index (χ4v) is 1.05. The zero-order valence-corrected chi connectivity index (χ0v) is 8.03. The van der Waals surface area contributed by atoms with E-state index in [0.717, 1.165) is 11.1 Å². The summed E-state index contributed by atoms with van der Waals surface area (Å²) < 4.78 is 9.60. The molecule has 1 amide bonds. The SMILES string of the molecule is COCc1ccc(COC(N)=O)cc1. The van der Waals surface area contributed by atoms with E-state index in [9.17, 15) is 4.79 Å². The van der Waals surface area contributed by atoms with Gasteiger partial charge in [0.1, 0.15) is 6.61 Å². The summed E-state index contributed by atoms with van der Waals surface area (Å²) in [5.41, 5.74) is 6.82. The van der Waals surface area contributed by atoms with Gasteiger partial charge in [-0.25, -0.2) is 4.79 Å². The predicted octanol–water partition coefficient (Wildman–Crippen LogP) is 1.43. The molecule has 76 valence electrons. The minimum absolute atomic E-state index is 0.211. The molecule has 4 nitrogen and oxygen atoms in total. The Hall–Kier alpha value is -1.55.